The molecule has 0 atom stereocenters. The Labute approximate surface area is 151 Å². The van der Waals surface area contributed by atoms with Gasteiger partial charge in [0.1, 0.15) is 22.7 Å². The molecule has 1 aromatic carbocycles. The molecule has 0 spiro atoms. The lowest BCUT2D eigenvalue weighted by atomic mass is 10.2. The average Bonchev–Trinajstić information content (AvgIpc) is 3.23. The van der Waals surface area contributed by atoms with E-state index in [0.29, 0.717) is 22.6 Å². The van der Waals surface area contributed by atoms with E-state index in [-0.39, 0.29) is 18.1 Å². The fourth-order valence-corrected chi connectivity index (χ4v) is 3.13. The van der Waals surface area contributed by atoms with Crippen molar-refractivity contribution in [1.82, 2.24) is 28.9 Å². The van der Waals surface area contributed by atoms with Crippen molar-refractivity contribution in [2.45, 2.75) is 6.54 Å². The van der Waals surface area contributed by atoms with Crippen LogP contribution in [0.1, 0.15) is 5.56 Å². The van der Waals surface area contributed by atoms with Crippen molar-refractivity contribution >= 4 is 16.8 Å². The van der Waals surface area contributed by atoms with Crippen LogP contribution in [0.2, 0.25) is 0 Å². The van der Waals surface area contributed by atoms with Crippen molar-refractivity contribution in [2.75, 3.05) is 0 Å². The van der Waals surface area contributed by atoms with Crippen molar-refractivity contribution < 1.29 is 4.39 Å². The zero-order valence-electron chi connectivity index (χ0n) is 14.0. The minimum absolute atomic E-state index is 0.209. The van der Waals surface area contributed by atoms with E-state index in [1.807, 2.05) is 28.8 Å². The summed E-state index contributed by atoms with van der Waals surface area (Å²) in [5, 5.41) is 0. The standard InChI is InChI=1S/C19H13FN6O/c20-13-5-3-4-12(8-13)11-26-18-14(23-19(26)27)9-22-17(24-18)15-10-21-16-6-1-2-7-25(15)16/h1-10H,11H2,(H,23,27). The molecule has 0 bridgehead atoms. The maximum atomic E-state index is 13.5. The summed E-state index contributed by atoms with van der Waals surface area (Å²) in [6, 6.07) is 11.8. The van der Waals surface area contributed by atoms with Crippen LogP contribution in [0.25, 0.3) is 28.3 Å². The normalized spacial score (nSPS) is 11.4. The highest BCUT2D eigenvalue weighted by molar-refractivity contribution is 5.72. The first kappa shape index (κ1) is 15.4. The van der Waals surface area contributed by atoms with Crippen LogP contribution >= 0.6 is 0 Å². The zero-order valence-corrected chi connectivity index (χ0v) is 14.0. The van der Waals surface area contributed by atoms with Gasteiger partial charge in [0.05, 0.1) is 18.9 Å². The molecule has 0 saturated heterocycles. The van der Waals surface area contributed by atoms with Gasteiger partial charge in [-0.3, -0.25) is 8.97 Å². The van der Waals surface area contributed by atoms with Crippen LogP contribution in [0, 0.1) is 5.82 Å². The Hall–Kier alpha value is -3.81. The third-order valence-corrected chi connectivity index (χ3v) is 4.39. The van der Waals surface area contributed by atoms with Gasteiger partial charge in [-0.2, -0.15) is 0 Å². The highest BCUT2D eigenvalue weighted by Crippen LogP contribution is 2.19. The van der Waals surface area contributed by atoms with Crippen LogP contribution in [0.5, 0.6) is 0 Å². The van der Waals surface area contributed by atoms with Crippen LogP contribution in [0.15, 0.2) is 65.8 Å². The summed E-state index contributed by atoms with van der Waals surface area (Å²) in [4.78, 5) is 28.4. The molecular weight excluding hydrogens is 347 g/mol. The molecule has 5 rings (SSSR count). The summed E-state index contributed by atoms with van der Waals surface area (Å²) < 4.78 is 16.8. The summed E-state index contributed by atoms with van der Waals surface area (Å²) in [6.45, 7) is 0.209. The summed E-state index contributed by atoms with van der Waals surface area (Å²) in [7, 11) is 0. The molecule has 1 N–H and O–H groups in total. The summed E-state index contributed by atoms with van der Waals surface area (Å²) in [6.07, 6.45) is 5.14. The number of halogens is 1. The van der Waals surface area contributed by atoms with Gasteiger partial charge in [0.25, 0.3) is 0 Å². The predicted molar refractivity (Wildman–Crippen MR) is 97.8 cm³/mol. The fraction of sp³-hybridized carbons (Fsp3) is 0.0526. The second-order valence-electron chi connectivity index (χ2n) is 6.15. The topological polar surface area (TPSA) is 80.9 Å². The van der Waals surface area contributed by atoms with E-state index in [9.17, 15) is 9.18 Å². The first-order valence-electron chi connectivity index (χ1n) is 8.31. The highest BCUT2D eigenvalue weighted by Gasteiger charge is 2.14. The second kappa shape index (κ2) is 5.87. The maximum absolute atomic E-state index is 13.5. The maximum Gasteiger partial charge on any atom is 0.328 e. The Morgan fingerprint density at radius 3 is 2.89 bits per heavy atom. The number of H-pyrrole nitrogens is 1. The number of imidazole rings is 2. The molecule has 0 aliphatic heterocycles. The van der Waals surface area contributed by atoms with Gasteiger partial charge in [0.15, 0.2) is 11.5 Å². The van der Waals surface area contributed by atoms with Gasteiger partial charge >= 0.3 is 5.69 Å². The second-order valence-corrected chi connectivity index (χ2v) is 6.15. The first-order valence-corrected chi connectivity index (χ1v) is 8.31. The smallest absolute Gasteiger partial charge is 0.303 e. The number of fused-ring (bicyclic) bond motifs is 2. The lowest BCUT2D eigenvalue weighted by Crippen LogP contribution is -2.17. The average molecular weight is 360 g/mol. The first-order chi connectivity index (χ1) is 13.2. The molecule has 7 nitrogen and oxygen atoms in total. The van der Waals surface area contributed by atoms with Crippen molar-refractivity contribution in [3.63, 3.8) is 0 Å². The van der Waals surface area contributed by atoms with E-state index in [2.05, 4.69) is 19.9 Å². The lowest BCUT2D eigenvalue weighted by molar-refractivity contribution is 0.623. The van der Waals surface area contributed by atoms with Crippen molar-refractivity contribution in [1.29, 1.82) is 0 Å². The van der Waals surface area contributed by atoms with E-state index in [1.54, 1.807) is 24.5 Å². The zero-order chi connectivity index (χ0) is 18.4. The van der Waals surface area contributed by atoms with Crippen molar-refractivity contribution in [2.24, 2.45) is 0 Å². The van der Waals surface area contributed by atoms with Gasteiger partial charge in [-0.05, 0) is 29.8 Å². The van der Waals surface area contributed by atoms with E-state index in [4.69, 9.17) is 0 Å². The summed E-state index contributed by atoms with van der Waals surface area (Å²) >= 11 is 0. The van der Waals surface area contributed by atoms with Crippen molar-refractivity contribution in [3.05, 3.63) is 82.9 Å². The molecule has 132 valence electrons. The van der Waals surface area contributed by atoms with E-state index in [0.717, 1.165) is 11.3 Å². The minimum atomic E-state index is -0.346. The summed E-state index contributed by atoms with van der Waals surface area (Å²) in [5.41, 5.74) is 2.84. The number of benzene rings is 1. The van der Waals surface area contributed by atoms with Crippen LogP contribution in [0.4, 0.5) is 4.39 Å². The number of pyridine rings is 1. The van der Waals surface area contributed by atoms with Gasteiger partial charge < -0.3 is 4.98 Å². The lowest BCUT2D eigenvalue weighted by Gasteiger charge is -2.05. The molecule has 0 saturated carbocycles. The number of nitrogens with one attached hydrogen (secondary N) is 1. The molecule has 5 aromatic rings. The molecule has 8 heteroatoms. The number of rotatable bonds is 3. The molecule has 4 heterocycles. The molecule has 0 unspecified atom stereocenters. The van der Waals surface area contributed by atoms with E-state index in [1.165, 1.54) is 16.7 Å². The number of nitrogens with zero attached hydrogens (tertiary/aromatic N) is 5. The molecule has 0 fully saturated rings. The number of aromatic nitrogens is 6. The molecule has 4 aromatic heterocycles. The van der Waals surface area contributed by atoms with Crippen LogP contribution in [0.3, 0.4) is 0 Å². The minimum Gasteiger partial charge on any atom is -0.303 e. The fourth-order valence-electron chi connectivity index (χ4n) is 3.13. The number of aromatic amines is 1. The molecule has 0 amide bonds. The quantitative estimate of drug-likeness (QED) is 0.536. The Kier molecular flexibility index (Phi) is 3.36. The van der Waals surface area contributed by atoms with Gasteiger partial charge in [0.2, 0.25) is 0 Å². The molecular formula is C19H13FN6O. The van der Waals surface area contributed by atoms with Crippen LogP contribution in [-0.2, 0) is 6.54 Å². The molecule has 0 aliphatic rings. The third kappa shape index (κ3) is 2.58. The van der Waals surface area contributed by atoms with E-state index >= 15 is 0 Å². The third-order valence-electron chi connectivity index (χ3n) is 4.39. The largest absolute Gasteiger partial charge is 0.328 e. The van der Waals surface area contributed by atoms with Crippen LogP contribution < -0.4 is 5.69 Å². The number of hydrogen-bond acceptors (Lipinski definition) is 4. The SMILES string of the molecule is O=c1[nH]c2cnc(-c3cnc4ccccn34)nc2n1Cc1cccc(F)c1. The molecule has 0 radical (unpaired) electrons. The van der Waals surface area contributed by atoms with Gasteiger partial charge in [-0.1, -0.05) is 18.2 Å². The van der Waals surface area contributed by atoms with Gasteiger partial charge in [-0.15, -0.1) is 0 Å². The Balaban J connectivity index is 1.66. The highest BCUT2D eigenvalue weighted by atomic mass is 19.1. The molecule has 0 aliphatic carbocycles. The van der Waals surface area contributed by atoms with Gasteiger partial charge in [-0.25, -0.2) is 24.1 Å². The molecule has 27 heavy (non-hydrogen) atoms. The van der Waals surface area contributed by atoms with Crippen LogP contribution in [-0.4, -0.2) is 28.9 Å². The van der Waals surface area contributed by atoms with Crippen molar-refractivity contribution in [3.8, 4) is 11.5 Å². The Morgan fingerprint density at radius 1 is 1.07 bits per heavy atom. The van der Waals surface area contributed by atoms with Gasteiger partial charge in [0, 0.05) is 6.20 Å². The Bertz CT molecular complexity index is 1350. The summed E-state index contributed by atoms with van der Waals surface area (Å²) in [5.74, 6) is 0.106. The monoisotopic (exact) mass is 360 g/mol. The Morgan fingerprint density at radius 2 is 2.00 bits per heavy atom. The predicted octanol–water partition coefficient (Wildman–Crippen LogP) is 2.62. The number of hydrogen-bond donors (Lipinski definition) is 1. The van der Waals surface area contributed by atoms with E-state index < -0.39 is 0 Å².